The molecule has 0 aliphatic heterocycles. The molecule has 0 saturated heterocycles. The molecule has 0 amide bonds. The Kier molecular flexibility index (Phi) is 6.83. The van der Waals surface area contributed by atoms with Crippen molar-refractivity contribution in [3.8, 4) is 0 Å². The van der Waals surface area contributed by atoms with Crippen molar-refractivity contribution in [2.24, 2.45) is 0 Å². The van der Waals surface area contributed by atoms with Crippen molar-refractivity contribution in [3.63, 3.8) is 0 Å². The summed E-state index contributed by atoms with van der Waals surface area (Å²) in [7, 11) is 0. The van der Waals surface area contributed by atoms with Gasteiger partial charge in [-0.25, -0.2) is 0 Å². The summed E-state index contributed by atoms with van der Waals surface area (Å²) in [6.45, 7) is 2.85. The Hall–Kier alpha value is -2.10. The molecule has 0 saturated carbocycles. The number of aliphatic hydroxyl groups is 1. The number of nitrogens with zero attached hydrogens (tertiary/aromatic N) is 2. The van der Waals surface area contributed by atoms with Gasteiger partial charge >= 0.3 is 0 Å². The van der Waals surface area contributed by atoms with Gasteiger partial charge in [-0.15, -0.1) is 0 Å². The molecule has 1 N–H and O–H groups in total. The van der Waals surface area contributed by atoms with E-state index < -0.39 is 0 Å². The third kappa shape index (κ3) is 4.72. The average Bonchev–Trinajstić information content (AvgIpc) is 2.46. The fourth-order valence-electron chi connectivity index (χ4n) is 1.97. The number of hydrogen-bond acceptors (Lipinski definition) is 4. The van der Waals surface area contributed by atoms with Crippen molar-refractivity contribution < 1.29 is 30.0 Å². The molecule has 1 aromatic carbocycles. The monoisotopic (exact) mass is 473 g/mol. The maximum absolute atomic E-state index is 10.0. The minimum atomic E-state index is -0.125. The minimum Gasteiger partial charge on any atom is -0.512 e. The Morgan fingerprint density at radius 1 is 0.955 bits per heavy atom. The summed E-state index contributed by atoms with van der Waals surface area (Å²) in [6.07, 6.45) is 4.77. The van der Waals surface area contributed by atoms with E-state index in [1.54, 1.807) is 12.4 Å². The summed E-state index contributed by atoms with van der Waals surface area (Å²) in [5.74, 6) is -0.0625. The van der Waals surface area contributed by atoms with Gasteiger partial charge in [-0.1, -0.05) is 24.3 Å². The van der Waals surface area contributed by atoms with Crippen LogP contribution in [0.4, 0.5) is 0 Å². The van der Waals surface area contributed by atoms with Crippen molar-refractivity contribution in [1.82, 2.24) is 9.97 Å². The summed E-state index contributed by atoms with van der Waals surface area (Å²) >= 11 is 0. The van der Waals surface area contributed by atoms with E-state index in [2.05, 4.69) is 34.2 Å². The summed E-state index contributed by atoms with van der Waals surface area (Å²) in [5, 5.41) is 10.6. The normalized spacial score (nSPS) is 10.5. The molecule has 0 atom stereocenters. The second-order valence-electron chi connectivity index (χ2n) is 4.61. The molecule has 0 unspecified atom stereocenters. The van der Waals surface area contributed by atoms with Crippen molar-refractivity contribution in [1.29, 1.82) is 0 Å². The number of pyridine rings is 2. The summed E-state index contributed by atoms with van der Waals surface area (Å²) in [4.78, 5) is 18.7. The molecule has 3 rings (SSSR count). The van der Waals surface area contributed by atoms with E-state index in [9.17, 15) is 4.79 Å². The standard InChI is InChI=1S/C12H8N2.C5H8O2.Ir/c1-3-9-5-6-10-4-2-8-14-12(10)11(9)13-7-1;1-4(6)3-5(2)7;/h1-8H;3,6H,1-2H3;/b;4-3-;. The molecule has 2 heterocycles. The molecular formula is C17H16IrN2O2. The van der Waals surface area contributed by atoms with Gasteiger partial charge in [0.2, 0.25) is 0 Å². The zero-order valence-corrected chi connectivity index (χ0v) is 14.7. The molecule has 0 aliphatic rings. The molecule has 5 heteroatoms. The van der Waals surface area contributed by atoms with Gasteiger partial charge in [-0.05, 0) is 26.0 Å². The number of aromatic nitrogens is 2. The van der Waals surface area contributed by atoms with Crippen LogP contribution >= 0.6 is 0 Å². The Morgan fingerprint density at radius 2 is 1.41 bits per heavy atom. The maximum Gasteiger partial charge on any atom is 0.155 e. The van der Waals surface area contributed by atoms with Crippen LogP contribution in [0.1, 0.15) is 13.8 Å². The molecule has 0 bridgehead atoms. The summed E-state index contributed by atoms with van der Waals surface area (Å²) in [5.41, 5.74) is 1.95. The van der Waals surface area contributed by atoms with Crippen molar-refractivity contribution in [2.75, 3.05) is 0 Å². The first-order valence-electron chi connectivity index (χ1n) is 6.54. The van der Waals surface area contributed by atoms with Crippen LogP contribution in [0.15, 0.2) is 60.6 Å². The predicted octanol–water partition coefficient (Wildman–Crippen LogP) is 3.82. The van der Waals surface area contributed by atoms with Gasteiger partial charge in [-0.2, -0.15) is 0 Å². The summed E-state index contributed by atoms with van der Waals surface area (Å²) in [6, 6.07) is 12.1. The Balaban J connectivity index is 0.000000264. The zero-order chi connectivity index (χ0) is 15.2. The van der Waals surface area contributed by atoms with Crippen LogP contribution in [0.3, 0.4) is 0 Å². The molecule has 4 nitrogen and oxygen atoms in total. The smallest absolute Gasteiger partial charge is 0.155 e. The van der Waals surface area contributed by atoms with Crippen molar-refractivity contribution in [2.45, 2.75) is 13.8 Å². The van der Waals surface area contributed by atoms with Gasteiger partial charge < -0.3 is 5.11 Å². The second-order valence-corrected chi connectivity index (χ2v) is 4.61. The third-order valence-electron chi connectivity index (χ3n) is 2.76. The molecule has 2 aromatic heterocycles. The molecule has 0 fully saturated rings. The van der Waals surface area contributed by atoms with Crippen molar-refractivity contribution in [3.05, 3.63) is 60.6 Å². The fourth-order valence-corrected chi connectivity index (χ4v) is 1.97. The van der Waals surface area contributed by atoms with E-state index >= 15 is 0 Å². The van der Waals surface area contributed by atoms with E-state index in [1.165, 1.54) is 19.9 Å². The summed E-state index contributed by atoms with van der Waals surface area (Å²) < 4.78 is 0. The Bertz CT molecular complexity index is 757. The van der Waals surface area contributed by atoms with Crippen LogP contribution in [-0.2, 0) is 24.9 Å². The van der Waals surface area contributed by atoms with Gasteiger partial charge in [0, 0.05) is 49.3 Å². The first-order chi connectivity index (χ1) is 10.1. The molecule has 115 valence electrons. The van der Waals surface area contributed by atoms with Gasteiger partial charge in [-0.3, -0.25) is 14.8 Å². The van der Waals surface area contributed by atoms with Crippen molar-refractivity contribution >= 4 is 27.6 Å². The predicted molar refractivity (Wildman–Crippen MR) is 84.1 cm³/mol. The average molecular weight is 473 g/mol. The number of ketones is 1. The number of allylic oxidation sites excluding steroid dienone is 2. The Labute approximate surface area is 142 Å². The fraction of sp³-hybridized carbons (Fsp3) is 0.118. The SMILES string of the molecule is CC(=O)/C=C(/C)O.[Ir].c1cnc2c(c1)ccc1cccnc12. The first-order valence-corrected chi connectivity index (χ1v) is 6.54. The molecule has 1 radical (unpaired) electrons. The second kappa shape index (κ2) is 8.37. The molecule has 0 spiro atoms. The minimum absolute atomic E-state index is 0. The van der Waals surface area contributed by atoms with E-state index in [0.29, 0.717) is 0 Å². The maximum atomic E-state index is 10.0. The quantitative estimate of drug-likeness (QED) is 0.332. The van der Waals surface area contributed by atoms with E-state index in [-0.39, 0.29) is 31.6 Å². The Morgan fingerprint density at radius 3 is 1.73 bits per heavy atom. The van der Waals surface area contributed by atoms with Gasteiger partial charge in [0.25, 0.3) is 0 Å². The van der Waals surface area contributed by atoms with Gasteiger partial charge in [0.1, 0.15) is 0 Å². The number of carbonyl (C=O) groups is 1. The molecule has 3 aromatic rings. The number of aliphatic hydroxyl groups excluding tert-OH is 1. The number of benzene rings is 1. The first kappa shape index (κ1) is 17.9. The largest absolute Gasteiger partial charge is 0.512 e. The van der Waals surface area contributed by atoms with E-state index in [4.69, 9.17) is 5.11 Å². The van der Waals surface area contributed by atoms with Crippen LogP contribution in [0.2, 0.25) is 0 Å². The number of fused-ring (bicyclic) bond motifs is 3. The van der Waals surface area contributed by atoms with E-state index in [1.807, 2.05) is 12.1 Å². The zero-order valence-electron chi connectivity index (χ0n) is 12.3. The van der Waals surface area contributed by atoms with Crippen LogP contribution in [0.5, 0.6) is 0 Å². The van der Waals surface area contributed by atoms with Gasteiger partial charge in [0.05, 0.1) is 16.8 Å². The van der Waals surface area contributed by atoms with Crippen LogP contribution in [-0.4, -0.2) is 20.9 Å². The molecule has 0 aliphatic carbocycles. The number of carbonyl (C=O) groups excluding carboxylic acids is 1. The molecule has 22 heavy (non-hydrogen) atoms. The van der Waals surface area contributed by atoms with Crippen LogP contribution in [0, 0.1) is 0 Å². The number of hydrogen-bond donors (Lipinski definition) is 1. The molecular weight excluding hydrogens is 456 g/mol. The number of rotatable bonds is 1. The van der Waals surface area contributed by atoms with Crippen LogP contribution < -0.4 is 0 Å². The third-order valence-corrected chi connectivity index (χ3v) is 2.76. The van der Waals surface area contributed by atoms with Gasteiger partial charge in [0.15, 0.2) is 5.78 Å². The topological polar surface area (TPSA) is 63.1 Å². The van der Waals surface area contributed by atoms with E-state index in [0.717, 1.165) is 21.8 Å². The van der Waals surface area contributed by atoms with Crippen LogP contribution in [0.25, 0.3) is 21.8 Å².